The summed E-state index contributed by atoms with van der Waals surface area (Å²) in [4.78, 5) is 14.1. The van der Waals surface area contributed by atoms with E-state index in [1.165, 1.54) is 0 Å². The molecule has 30 heavy (non-hydrogen) atoms. The monoisotopic (exact) mass is 446 g/mol. The quantitative estimate of drug-likeness (QED) is 0.483. The number of hydrogen-bond donors (Lipinski definition) is 3. The molecule has 0 fully saturated rings. The highest BCUT2D eigenvalue weighted by Gasteiger charge is 2.18. The number of sulfonamides is 1. The minimum absolute atomic E-state index is 0.0507. The number of fused-ring (bicyclic) bond motifs is 1. The molecule has 158 valence electrons. The van der Waals surface area contributed by atoms with Crippen molar-refractivity contribution < 1.29 is 13.2 Å². The van der Waals surface area contributed by atoms with E-state index in [1.807, 2.05) is 37.2 Å². The Bertz CT molecular complexity index is 1170. The molecule has 0 aliphatic carbocycles. The lowest BCUT2D eigenvalue weighted by molar-refractivity contribution is 0.252. The Morgan fingerprint density at radius 2 is 1.67 bits per heavy atom. The number of rotatable bonds is 7. The van der Waals surface area contributed by atoms with E-state index in [1.54, 1.807) is 42.5 Å². The zero-order valence-electron chi connectivity index (χ0n) is 16.6. The molecule has 0 heterocycles. The van der Waals surface area contributed by atoms with E-state index in [4.69, 9.17) is 11.6 Å². The fourth-order valence-corrected chi connectivity index (χ4v) is 4.51. The van der Waals surface area contributed by atoms with E-state index in [0.717, 1.165) is 11.1 Å². The van der Waals surface area contributed by atoms with E-state index in [0.29, 0.717) is 16.1 Å². The van der Waals surface area contributed by atoms with Crippen LogP contribution in [0, 0.1) is 0 Å². The number of nitrogens with one attached hydrogen (secondary N) is 3. The van der Waals surface area contributed by atoms with Gasteiger partial charge in [-0.2, -0.15) is 0 Å². The van der Waals surface area contributed by atoms with Crippen molar-refractivity contribution in [1.29, 1.82) is 0 Å². The van der Waals surface area contributed by atoms with Crippen molar-refractivity contribution in [1.82, 2.24) is 10.0 Å². The third-order valence-corrected chi connectivity index (χ3v) is 6.17. The van der Waals surface area contributed by atoms with Crippen LogP contribution in [0.5, 0.6) is 0 Å². The SMILES string of the molecule is CN(C)c1cccc2c(S(=O)(=O)NCCNC(=O)Nc3cccc(Cl)c3)cccc12. The average molecular weight is 447 g/mol. The molecular weight excluding hydrogens is 424 g/mol. The van der Waals surface area contributed by atoms with Gasteiger partial charge < -0.3 is 15.5 Å². The molecule has 0 aliphatic rings. The first-order valence-corrected chi connectivity index (χ1v) is 11.1. The highest BCUT2D eigenvalue weighted by atomic mass is 35.5. The summed E-state index contributed by atoms with van der Waals surface area (Å²) in [6.45, 7) is 0.175. The van der Waals surface area contributed by atoms with E-state index in [2.05, 4.69) is 15.4 Å². The molecule has 0 aliphatic heterocycles. The third-order valence-electron chi connectivity index (χ3n) is 4.42. The van der Waals surface area contributed by atoms with Gasteiger partial charge in [0, 0.05) is 54.4 Å². The number of urea groups is 1. The topological polar surface area (TPSA) is 90.5 Å². The summed E-state index contributed by atoms with van der Waals surface area (Å²) in [5.74, 6) is 0. The van der Waals surface area contributed by atoms with Crippen molar-refractivity contribution in [2.75, 3.05) is 37.4 Å². The first-order valence-electron chi connectivity index (χ1n) is 9.27. The Morgan fingerprint density at radius 1 is 0.967 bits per heavy atom. The molecule has 0 spiro atoms. The Kier molecular flexibility index (Phi) is 6.81. The highest BCUT2D eigenvalue weighted by Crippen LogP contribution is 2.30. The zero-order valence-corrected chi connectivity index (χ0v) is 18.2. The number of anilines is 2. The smallest absolute Gasteiger partial charge is 0.319 e. The molecule has 0 saturated carbocycles. The second kappa shape index (κ2) is 9.34. The van der Waals surface area contributed by atoms with Crippen LogP contribution in [0.2, 0.25) is 5.02 Å². The van der Waals surface area contributed by atoms with Gasteiger partial charge in [-0.3, -0.25) is 0 Å². The zero-order chi connectivity index (χ0) is 21.7. The van der Waals surface area contributed by atoms with Crippen LogP contribution in [0.15, 0.2) is 65.6 Å². The second-order valence-electron chi connectivity index (χ2n) is 6.81. The van der Waals surface area contributed by atoms with Crippen LogP contribution in [-0.4, -0.2) is 41.6 Å². The van der Waals surface area contributed by atoms with Crippen molar-refractivity contribution in [3.63, 3.8) is 0 Å². The van der Waals surface area contributed by atoms with E-state index in [9.17, 15) is 13.2 Å². The molecule has 0 saturated heterocycles. The minimum Gasteiger partial charge on any atom is -0.377 e. The number of benzene rings is 3. The summed E-state index contributed by atoms with van der Waals surface area (Å²) >= 11 is 5.88. The predicted molar refractivity (Wildman–Crippen MR) is 122 cm³/mol. The number of halogens is 1. The number of carbonyl (C=O) groups excluding carboxylic acids is 1. The number of hydrogen-bond acceptors (Lipinski definition) is 4. The van der Waals surface area contributed by atoms with Gasteiger partial charge in [0.25, 0.3) is 0 Å². The molecule has 0 aromatic heterocycles. The molecule has 3 aromatic rings. The average Bonchev–Trinajstić information content (AvgIpc) is 2.70. The summed E-state index contributed by atoms with van der Waals surface area (Å²) < 4.78 is 28.2. The van der Waals surface area contributed by atoms with Crippen LogP contribution in [0.1, 0.15) is 0 Å². The van der Waals surface area contributed by atoms with Gasteiger partial charge >= 0.3 is 6.03 Å². The molecule has 0 radical (unpaired) electrons. The number of nitrogens with zero attached hydrogens (tertiary/aromatic N) is 1. The molecular formula is C21H23ClN4O3S. The minimum atomic E-state index is -3.75. The maximum atomic E-state index is 12.8. The molecule has 3 N–H and O–H groups in total. The summed E-state index contributed by atoms with van der Waals surface area (Å²) in [5, 5.41) is 7.25. The van der Waals surface area contributed by atoms with Crippen LogP contribution < -0.4 is 20.3 Å². The van der Waals surface area contributed by atoms with E-state index in [-0.39, 0.29) is 18.0 Å². The molecule has 3 aromatic carbocycles. The van der Waals surface area contributed by atoms with Crippen LogP contribution in [0.25, 0.3) is 10.8 Å². The van der Waals surface area contributed by atoms with Crippen molar-refractivity contribution >= 4 is 49.8 Å². The maximum absolute atomic E-state index is 12.8. The Balaban J connectivity index is 1.63. The van der Waals surface area contributed by atoms with Crippen LogP contribution in [0.4, 0.5) is 16.2 Å². The standard InChI is InChI=1S/C21H23ClN4O3S/c1-26(2)19-10-4-9-18-17(19)8-5-11-20(18)30(28,29)24-13-12-23-21(27)25-16-7-3-6-15(22)14-16/h3-11,14,24H,12-13H2,1-2H3,(H2,23,25,27). The molecule has 7 nitrogen and oxygen atoms in total. The van der Waals surface area contributed by atoms with Crippen LogP contribution in [0.3, 0.4) is 0 Å². The fourth-order valence-electron chi connectivity index (χ4n) is 3.07. The van der Waals surface area contributed by atoms with Gasteiger partial charge in [-0.1, -0.05) is 41.9 Å². The lowest BCUT2D eigenvalue weighted by Crippen LogP contribution is -2.36. The van der Waals surface area contributed by atoms with Gasteiger partial charge in [0.2, 0.25) is 10.0 Å². The molecule has 0 atom stereocenters. The Morgan fingerprint density at radius 3 is 2.40 bits per heavy atom. The first kappa shape index (κ1) is 21.9. The van der Waals surface area contributed by atoms with Gasteiger partial charge in [-0.25, -0.2) is 17.9 Å². The first-order chi connectivity index (χ1) is 14.3. The summed E-state index contributed by atoms with van der Waals surface area (Å²) in [6, 6.07) is 17.0. The summed E-state index contributed by atoms with van der Waals surface area (Å²) in [7, 11) is 0.0726. The lowest BCUT2D eigenvalue weighted by atomic mass is 10.1. The fraction of sp³-hybridized carbons (Fsp3) is 0.190. The second-order valence-corrected chi connectivity index (χ2v) is 8.98. The van der Waals surface area contributed by atoms with Crippen molar-refractivity contribution in [3.8, 4) is 0 Å². The lowest BCUT2D eigenvalue weighted by Gasteiger charge is -2.17. The van der Waals surface area contributed by atoms with Crippen molar-refractivity contribution in [2.45, 2.75) is 4.90 Å². The Labute approximate surface area is 181 Å². The van der Waals surface area contributed by atoms with Crippen LogP contribution in [-0.2, 0) is 10.0 Å². The van der Waals surface area contributed by atoms with Gasteiger partial charge in [-0.15, -0.1) is 0 Å². The van der Waals surface area contributed by atoms with Gasteiger partial charge in [0.1, 0.15) is 0 Å². The molecule has 2 amide bonds. The summed E-state index contributed by atoms with van der Waals surface area (Å²) in [6.07, 6.45) is 0. The van der Waals surface area contributed by atoms with Gasteiger partial charge in [-0.05, 0) is 30.3 Å². The normalized spacial score (nSPS) is 11.3. The molecule has 0 bridgehead atoms. The van der Waals surface area contributed by atoms with Crippen molar-refractivity contribution in [2.24, 2.45) is 0 Å². The largest absolute Gasteiger partial charge is 0.377 e. The molecule has 0 unspecified atom stereocenters. The van der Waals surface area contributed by atoms with Crippen molar-refractivity contribution in [3.05, 3.63) is 65.7 Å². The Hall–Kier alpha value is -2.81. The van der Waals surface area contributed by atoms with E-state index >= 15 is 0 Å². The van der Waals surface area contributed by atoms with Crippen LogP contribution >= 0.6 is 11.6 Å². The number of amides is 2. The predicted octanol–water partition coefficient (Wildman–Crippen LogP) is 3.66. The molecule has 3 rings (SSSR count). The summed E-state index contributed by atoms with van der Waals surface area (Å²) in [5.41, 5.74) is 1.48. The van der Waals surface area contributed by atoms with Gasteiger partial charge in [0.15, 0.2) is 0 Å². The molecule has 9 heteroatoms. The van der Waals surface area contributed by atoms with E-state index < -0.39 is 16.1 Å². The van der Waals surface area contributed by atoms with Gasteiger partial charge in [0.05, 0.1) is 4.90 Å². The number of carbonyl (C=O) groups is 1. The highest BCUT2D eigenvalue weighted by molar-refractivity contribution is 7.89. The maximum Gasteiger partial charge on any atom is 0.319 e. The third kappa shape index (κ3) is 5.21.